The highest BCUT2D eigenvalue weighted by atomic mass is 32.2. The third kappa shape index (κ3) is 1.57. The molecular formula is C8H10N2O2S. The minimum Gasteiger partial charge on any atom is -0.271 e. The van der Waals surface area contributed by atoms with Crippen molar-refractivity contribution < 1.29 is 8.39 Å². The van der Waals surface area contributed by atoms with Gasteiger partial charge in [0.1, 0.15) is 5.82 Å². The zero-order chi connectivity index (χ0) is 9.26. The highest BCUT2D eigenvalue weighted by molar-refractivity contribution is 7.82. The molecule has 2 unspecified atom stereocenters. The van der Waals surface area contributed by atoms with E-state index in [1.807, 2.05) is 25.1 Å². The maximum absolute atomic E-state index is 11.4. The van der Waals surface area contributed by atoms with Crippen molar-refractivity contribution in [1.29, 1.82) is 0 Å². The average Bonchev–Trinajstić information content (AvgIpc) is 2.48. The number of hydrogen-bond donors (Lipinski definition) is 0. The predicted molar refractivity (Wildman–Crippen MR) is 50.3 cm³/mol. The number of rotatable bonds is 1. The molecule has 13 heavy (non-hydrogen) atoms. The first-order valence-electron chi connectivity index (χ1n) is 4.04. The molecule has 5 heteroatoms. The largest absolute Gasteiger partial charge is 0.271 e. The Kier molecular flexibility index (Phi) is 2.28. The molecule has 2 rings (SSSR count). The Balaban J connectivity index is 2.30. The number of aromatic nitrogens is 1. The topological polar surface area (TPSA) is 42.4 Å². The molecular weight excluding hydrogens is 188 g/mol. The van der Waals surface area contributed by atoms with Crippen molar-refractivity contribution in [3.8, 4) is 0 Å². The minimum atomic E-state index is -1.37. The first-order chi connectivity index (χ1) is 6.29. The van der Waals surface area contributed by atoms with Crippen molar-refractivity contribution in [3.63, 3.8) is 0 Å². The van der Waals surface area contributed by atoms with Gasteiger partial charge in [-0.3, -0.25) is 4.18 Å². The normalized spacial score (nSPS) is 27.9. The summed E-state index contributed by atoms with van der Waals surface area (Å²) in [6, 6.07) is 5.64. The molecule has 0 spiro atoms. The van der Waals surface area contributed by atoms with E-state index in [1.54, 1.807) is 10.5 Å². The molecule has 0 radical (unpaired) electrons. The van der Waals surface area contributed by atoms with Gasteiger partial charge in [-0.2, -0.15) is 0 Å². The molecule has 4 nitrogen and oxygen atoms in total. The maximum Gasteiger partial charge on any atom is 0.266 e. The summed E-state index contributed by atoms with van der Waals surface area (Å²) in [4.78, 5) is 4.11. The summed E-state index contributed by atoms with van der Waals surface area (Å²) >= 11 is -1.37. The van der Waals surface area contributed by atoms with Gasteiger partial charge >= 0.3 is 0 Å². The molecule has 0 aromatic carbocycles. The maximum atomic E-state index is 11.4. The number of nitrogens with zero attached hydrogens (tertiary/aromatic N) is 2. The molecule has 1 aliphatic rings. The Hall–Kier alpha value is -0.940. The second-order valence-electron chi connectivity index (χ2n) is 2.86. The van der Waals surface area contributed by atoms with E-state index < -0.39 is 11.3 Å². The number of hydrogen-bond acceptors (Lipinski definition) is 3. The third-order valence-corrected chi connectivity index (χ3v) is 3.05. The lowest BCUT2D eigenvalue weighted by Crippen LogP contribution is -2.28. The van der Waals surface area contributed by atoms with Gasteiger partial charge in [0.25, 0.3) is 11.3 Å². The van der Waals surface area contributed by atoms with Crippen LogP contribution in [0, 0.1) is 0 Å². The van der Waals surface area contributed by atoms with Gasteiger partial charge < -0.3 is 0 Å². The van der Waals surface area contributed by atoms with Gasteiger partial charge in [0.2, 0.25) is 0 Å². The fourth-order valence-electron chi connectivity index (χ4n) is 1.21. The van der Waals surface area contributed by atoms with Gasteiger partial charge in [0, 0.05) is 6.20 Å². The lowest BCUT2D eigenvalue weighted by Gasteiger charge is -2.16. The third-order valence-electron chi connectivity index (χ3n) is 1.85. The molecule has 1 aromatic heterocycles. The summed E-state index contributed by atoms with van der Waals surface area (Å²) in [6.45, 7) is 2.45. The van der Waals surface area contributed by atoms with E-state index in [0.29, 0.717) is 12.4 Å². The summed E-state index contributed by atoms with van der Waals surface area (Å²) in [5.41, 5.74) is 0. The lowest BCUT2D eigenvalue weighted by atomic mass is 10.3. The van der Waals surface area contributed by atoms with Gasteiger partial charge in [-0.05, 0) is 19.1 Å². The van der Waals surface area contributed by atoms with E-state index >= 15 is 0 Å². The molecule has 0 N–H and O–H groups in total. The fraction of sp³-hybridized carbons (Fsp3) is 0.375. The van der Waals surface area contributed by atoms with Gasteiger partial charge in [-0.15, -0.1) is 0 Å². The van der Waals surface area contributed by atoms with Crippen LogP contribution in [0.2, 0.25) is 0 Å². The van der Waals surface area contributed by atoms with Crippen LogP contribution in [0.25, 0.3) is 0 Å². The average molecular weight is 198 g/mol. The van der Waals surface area contributed by atoms with Crippen LogP contribution in [0.5, 0.6) is 0 Å². The molecule has 1 aliphatic heterocycles. The van der Waals surface area contributed by atoms with Crippen molar-refractivity contribution in [1.82, 2.24) is 4.98 Å². The summed E-state index contributed by atoms with van der Waals surface area (Å²) in [5.74, 6) is 0.700. The van der Waals surface area contributed by atoms with Gasteiger partial charge in [0.15, 0.2) is 0 Å². The van der Waals surface area contributed by atoms with Crippen LogP contribution in [-0.2, 0) is 15.4 Å². The van der Waals surface area contributed by atoms with Crippen molar-refractivity contribution in [2.75, 3.05) is 10.9 Å². The van der Waals surface area contributed by atoms with Crippen LogP contribution < -0.4 is 4.31 Å². The van der Waals surface area contributed by atoms with Crippen LogP contribution >= 0.6 is 0 Å². The van der Waals surface area contributed by atoms with Crippen LogP contribution in [-0.4, -0.2) is 21.8 Å². The van der Waals surface area contributed by atoms with Gasteiger partial charge in [0.05, 0.1) is 12.6 Å². The quantitative estimate of drug-likeness (QED) is 0.673. The van der Waals surface area contributed by atoms with E-state index in [1.165, 1.54) is 0 Å². The van der Waals surface area contributed by atoms with Gasteiger partial charge in [-0.25, -0.2) is 13.5 Å². The highest BCUT2D eigenvalue weighted by Crippen LogP contribution is 2.21. The Bertz CT molecular complexity index is 317. The molecule has 1 fully saturated rings. The molecule has 0 aliphatic carbocycles. The first kappa shape index (κ1) is 8.65. The fourth-order valence-corrected chi connectivity index (χ4v) is 2.26. The molecule has 0 bridgehead atoms. The summed E-state index contributed by atoms with van der Waals surface area (Å²) in [5, 5.41) is 0. The smallest absolute Gasteiger partial charge is 0.266 e. The summed E-state index contributed by atoms with van der Waals surface area (Å²) in [6.07, 6.45) is 1.68. The Morgan fingerprint density at radius 1 is 1.69 bits per heavy atom. The number of pyridine rings is 1. The zero-order valence-corrected chi connectivity index (χ0v) is 8.03. The second-order valence-corrected chi connectivity index (χ2v) is 3.93. The molecule has 2 atom stereocenters. The van der Waals surface area contributed by atoms with Crippen LogP contribution in [0.3, 0.4) is 0 Å². The van der Waals surface area contributed by atoms with Crippen molar-refractivity contribution >= 4 is 17.1 Å². The van der Waals surface area contributed by atoms with E-state index in [2.05, 4.69) is 4.98 Å². The second kappa shape index (κ2) is 3.43. The van der Waals surface area contributed by atoms with Gasteiger partial charge in [-0.1, -0.05) is 6.07 Å². The minimum absolute atomic E-state index is 0.121. The Morgan fingerprint density at radius 2 is 2.54 bits per heavy atom. The van der Waals surface area contributed by atoms with Crippen molar-refractivity contribution in [2.24, 2.45) is 0 Å². The molecule has 1 saturated heterocycles. The van der Waals surface area contributed by atoms with E-state index in [-0.39, 0.29) is 6.04 Å². The van der Waals surface area contributed by atoms with Crippen LogP contribution in [0.1, 0.15) is 6.92 Å². The molecule has 1 aromatic rings. The number of anilines is 1. The molecule has 2 heterocycles. The Labute approximate surface area is 79.3 Å². The predicted octanol–water partition coefficient (Wildman–Crippen LogP) is 0.885. The molecule has 70 valence electrons. The Morgan fingerprint density at radius 3 is 3.08 bits per heavy atom. The summed E-state index contributed by atoms with van der Waals surface area (Å²) < 4.78 is 18.0. The first-order valence-corrected chi connectivity index (χ1v) is 5.07. The standard InChI is InChI=1S/C8H10N2O2S/c1-7-6-12-13(11)10(7)8-4-2-3-5-9-8/h2-5,7H,6H2,1H3. The van der Waals surface area contributed by atoms with Crippen LogP contribution in [0.4, 0.5) is 5.82 Å². The van der Waals surface area contributed by atoms with E-state index in [9.17, 15) is 4.21 Å². The van der Waals surface area contributed by atoms with E-state index in [4.69, 9.17) is 4.18 Å². The SMILES string of the molecule is CC1COS(=O)N1c1ccccn1. The summed E-state index contributed by atoms with van der Waals surface area (Å²) in [7, 11) is 0. The molecule has 0 saturated carbocycles. The van der Waals surface area contributed by atoms with Crippen molar-refractivity contribution in [3.05, 3.63) is 24.4 Å². The van der Waals surface area contributed by atoms with Crippen LogP contribution in [0.15, 0.2) is 24.4 Å². The van der Waals surface area contributed by atoms with Crippen molar-refractivity contribution in [2.45, 2.75) is 13.0 Å². The highest BCUT2D eigenvalue weighted by Gasteiger charge is 2.29. The lowest BCUT2D eigenvalue weighted by molar-refractivity contribution is 0.366. The zero-order valence-electron chi connectivity index (χ0n) is 7.21. The molecule has 0 amide bonds. The monoisotopic (exact) mass is 198 g/mol. The van der Waals surface area contributed by atoms with E-state index in [0.717, 1.165) is 0 Å².